The molecule has 0 unspecified atom stereocenters. The van der Waals surface area contributed by atoms with Gasteiger partial charge in [0.25, 0.3) is 0 Å². The Labute approximate surface area is 89.5 Å². The van der Waals surface area contributed by atoms with Crippen molar-refractivity contribution in [1.29, 1.82) is 0 Å². The van der Waals surface area contributed by atoms with Gasteiger partial charge in [-0.1, -0.05) is 12.1 Å². The quantitative estimate of drug-likeness (QED) is 0.748. The van der Waals surface area contributed by atoms with Gasteiger partial charge in [-0.3, -0.25) is 0 Å². The summed E-state index contributed by atoms with van der Waals surface area (Å²) >= 11 is 0. The van der Waals surface area contributed by atoms with Gasteiger partial charge in [0, 0.05) is 12.2 Å². The standard InChI is InChI=1S/C10H14N2O2S/c11-9-3-1-2-8(6-9)7-12-15(13,14)10-4-5-10/h1-3,6,10,12H,4-5,7,11H2. The molecule has 5 heteroatoms. The van der Waals surface area contributed by atoms with Crippen molar-refractivity contribution >= 4 is 15.7 Å². The van der Waals surface area contributed by atoms with Gasteiger partial charge in [-0.05, 0) is 30.5 Å². The van der Waals surface area contributed by atoms with Gasteiger partial charge in [0.05, 0.1) is 5.25 Å². The van der Waals surface area contributed by atoms with Crippen LogP contribution >= 0.6 is 0 Å². The summed E-state index contributed by atoms with van der Waals surface area (Å²) in [5.74, 6) is 0. The third kappa shape index (κ3) is 2.70. The highest BCUT2D eigenvalue weighted by Crippen LogP contribution is 2.27. The summed E-state index contributed by atoms with van der Waals surface area (Å²) < 4.78 is 25.6. The van der Waals surface area contributed by atoms with Crippen molar-refractivity contribution in [2.24, 2.45) is 0 Å². The first-order valence-electron chi connectivity index (χ1n) is 4.91. The Morgan fingerprint density at radius 2 is 2.13 bits per heavy atom. The summed E-state index contributed by atoms with van der Waals surface area (Å²) in [7, 11) is -3.09. The molecule has 15 heavy (non-hydrogen) atoms. The van der Waals surface area contributed by atoms with Gasteiger partial charge in [-0.25, -0.2) is 13.1 Å². The lowest BCUT2D eigenvalue weighted by Crippen LogP contribution is -2.26. The van der Waals surface area contributed by atoms with Gasteiger partial charge in [0.2, 0.25) is 10.0 Å². The lowest BCUT2D eigenvalue weighted by molar-refractivity contribution is 0.580. The molecule has 0 aliphatic heterocycles. The Morgan fingerprint density at radius 3 is 2.73 bits per heavy atom. The van der Waals surface area contributed by atoms with Gasteiger partial charge in [-0.2, -0.15) is 0 Å². The second-order valence-corrected chi connectivity index (χ2v) is 5.86. The minimum absolute atomic E-state index is 0.168. The number of rotatable bonds is 4. The average Bonchev–Trinajstić information content (AvgIpc) is 2.98. The summed E-state index contributed by atoms with van der Waals surface area (Å²) in [6.07, 6.45) is 1.57. The molecule has 0 atom stereocenters. The molecule has 1 aromatic carbocycles. The summed E-state index contributed by atoms with van der Waals surface area (Å²) in [6, 6.07) is 7.22. The molecule has 0 saturated heterocycles. The van der Waals surface area contributed by atoms with Crippen LogP contribution in [0.25, 0.3) is 0 Å². The molecule has 1 aliphatic rings. The van der Waals surface area contributed by atoms with E-state index < -0.39 is 10.0 Å². The second-order valence-electron chi connectivity index (χ2n) is 3.81. The fourth-order valence-electron chi connectivity index (χ4n) is 1.38. The van der Waals surface area contributed by atoms with E-state index in [9.17, 15) is 8.42 Å². The molecule has 82 valence electrons. The zero-order chi connectivity index (χ0) is 10.9. The molecule has 0 aromatic heterocycles. The third-order valence-electron chi connectivity index (χ3n) is 2.39. The Morgan fingerprint density at radius 1 is 1.40 bits per heavy atom. The van der Waals surface area contributed by atoms with Crippen LogP contribution in [0.1, 0.15) is 18.4 Å². The van der Waals surface area contributed by atoms with Crippen molar-refractivity contribution < 1.29 is 8.42 Å². The smallest absolute Gasteiger partial charge is 0.214 e. The van der Waals surface area contributed by atoms with E-state index >= 15 is 0 Å². The molecule has 1 aliphatic carbocycles. The lowest BCUT2D eigenvalue weighted by Gasteiger charge is -2.05. The summed E-state index contributed by atoms with van der Waals surface area (Å²) in [6.45, 7) is 0.323. The number of anilines is 1. The van der Waals surface area contributed by atoms with Gasteiger partial charge in [-0.15, -0.1) is 0 Å². The van der Waals surface area contributed by atoms with Gasteiger partial charge in [0.1, 0.15) is 0 Å². The fraction of sp³-hybridized carbons (Fsp3) is 0.400. The predicted octanol–water partition coefficient (Wildman–Crippen LogP) is 0.851. The summed E-state index contributed by atoms with van der Waals surface area (Å²) in [5, 5.41) is -0.168. The molecule has 3 N–H and O–H groups in total. The molecule has 4 nitrogen and oxygen atoms in total. The van der Waals surface area contributed by atoms with E-state index in [-0.39, 0.29) is 5.25 Å². The maximum Gasteiger partial charge on any atom is 0.214 e. The van der Waals surface area contributed by atoms with Crippen LogP contribution in [0.5, 0.6) is 0 Å². The number of nitrogens with two attached hydrogens (primary N) is 1. The molecule has 0 amide bonds. The van der Waals surface area contributed by atoms with E-state index in [0.717, 1.165) is 18.4 Å². The molecular weight excluding hydrogens is 212 g/mol. The molecule has 0 radical (unpaired) electrons. The molecule has 1 fully saturated rings. The van der Waals surface area contributed by atoms with Crippen LogP contribution in [0.2, 0.25) is 0 Å². The lowest BCUT2D eigenvalue weighted by atomic mass is 10.2. The van der Waals surface area contributed by atoms with E-state index in [1.807, 2.05) is 12.1 Å². The Bertz CT molecular complexity index is 452. The average molecular weight is 226 g/mol. The van der Waals surface area contributed by atoms with Crippen LogP contribution in [0.4, 0.5) is 5.69 Å². The fourth-order valence-corrected chi connectivity index (χ4v) is 2.74. The van der Waals surface area contributed by atoms with E-state index in [0.29, 0.717) is 12.2 Å². The minimum Gasteiger partial charge on any atom is -0.399 e. The number of sulfonamides is 1. The van der Waals surface area contributed by atoms with Crippen molar-refractivity contribution in [3.05, 3.63) is 29.8 Å². The number of benzene rings is 1. The normalized spacial score (nSPS) is 16.5. The number of hydrogen-bond acceptors (Lipinski definition) is 3. The number of nitrogen functional groups attached to an aromatic ring is 1. The largest absolute Gasteiger partial charge is 0.399 e. The van der Waals surface area contributed by atoms with E-state index in [1.54, 1.807) is 12.1 Å². The third-order valence-corrected chi connectivity index (χ3v) is 4.29. The highest BCUT2D eigenvalue weighted by molar-refractivity contribution is 7.90. The second kappa shape index (κ2) is 3.83. The van der Waals surface area contributed by atoms with Crippen molar-refractivity contribution in [3.63, 3.8) is 0 Å². The van der Waals surface area contributed by atoms with E-state index in [2.05, 4.69) is 4.72 Å². The number of hydrogen-bond donors (Lipinski definition) is 2. The van der Waals surface area contributed by atoms with Crippen LogP contribution in [-0.4, -0.2) is 13.7 Å². The van der Waals surface area contributed by atoms with Gasteiger partial charge >= 0.3 is 0 Å². The molecule has 1 saturated carbocycles. The van der Waals surface area contributed by atoms with Crippen LogP contribution in [-0.2, 0) is 16.6 Å². The number of nitrogens with one attached hydrogen (secondary N) is 1. The molecule has 0 spiro atoms. The zero-order valence-corrected chi connectivity index (χ0v) is 9.13. The molecule has 0 bridgehead atoms. The van der Waals surface area contributed by atoms with Crippen LogP contribution in [0.3, 0.4) is 0 Å². The first-order valence-corrected chi connectivity index (χ1v) is 6.45. The molecular formula is C10H14N2O2S. The van der Waals surface area contributed by atoms with Gasteiger partial charge < -0.3 is 5.73 Å². The Balaban J connectivity index is 1.98. The molecule has 1 aromatic rings. The Kier molecular flexibility index (Phi) is 2.67. The monoisotopic (exact) mass is 226 g/mol. The zero-order valence-electron chi connectivity index (χ0n) is 8.31. The maximum absolute atomic E-state index is 11.5. The predicted molar refractivity (Wildman–Crippen MR) is 59.6 cm³/mol. The maximum atomic E-state index is 11.5. The van der Waals surface area contributed by atoms with Crippen LogP contribution in [0.15, 0.2) is 24.3 Å². The highest BCUT2D eigenvalue weighted by Gasteiger charge is 2.35. The highest BCUT2D eigenvalue weighted by atomic mass is 32.2. The van der Waals surface area contributed by atoms with E-state index in [1.165, 1.54) is 0 Å². The van der Waals surface area contributed by atoms with Crippen molar-refractivity contribution in [3.8, 4) is 0 Å². The molecule has 0 heterocycles. The Hall–Kier alpha value is -1.07. The van der Waals surface area contributed by atoms with Crippen molar-refractivity contribution in [1.82, 2.24) is 4.72 Å². The van der Waals surface area contributed by atoms with Crippen LogP contribution in [0, 0.1) is 0 Å². The van der Waals surface area contributed by atoms with E-state index in [4.69, 9.17) is 5.73 Å². The first kappa shape index (κ1) is 10.4. The topological polar surface area (TPSA) is 72.2 Å². The SMILES string of the molecule is Nc1cccc(CNS(=O)(=O)C2CC2)c1. The minimum atomic E-state index is -3.09. The summed E-state index contributed by atoms with van der Waals surface area (Å²) in [5.41, 5.74) is 7.13. The van der Waals surface area contributed by atoms with Crippen LogP contribution < -0.4 is 10.5 Å². The first-order chi connectivity index (χ1) is 7.08. The van der Waals surface area contributed by atoms with Gasteiger partial charge in [0.15, 0.2) is 0 Å². The molecule has 2 rings (SSSR count). The van der Waals surface area contributed by atoms with Crippen molar-refractivity contribution in [2.75, 3.05) is 5.73 Å². The van der Waals surface area contributed by atoms with Crippen molar-refractivity contribution in [2.45, 2.75) is 24.6 Å². The summed E-state index contributed by atoms with van der Waals surface area (Å²) in [4.78, 5) is 0.